The number of rotatable bonds is 2. The highest BCUT2D eigenvalue weighted by atomic mass is 16.5. The highest BCUT2D eigenvalue weighted by Crippen LogP contribution is 2.30. The Morgan fingerprint density at radius 3 is 2.75 bits per heavy atom. The number of nitrogens with zero attached hydrogens (tertiary/aromatic N) is 2. The number of nitriles is 1. The van der Waals surface area contributed by atoms with Crippen molar-refractivity contribution in [1.29, 1.82) is 5.26 Å². The third-order valence-corrected chi connectivity index (χ3v) is 2.34. The van der Waals surface area contributed by atoms with Crippen LogP contribution in [0.4, 0.5) is 0 Å². The second-order valence-electron chi connectivity index (χ2n) is 3.23. The van der Waals surface area contributed by atoms with Crippen molar-refractivity contribution >= 4 is 0 Å². The summed E-state index contributed by atoms with van der Waals surface area (Å²) in [7, 11) is 1.61. The molecule has 0 aliphatic heterocycles. The van der Waals surface area contributed by atoms with Crippen molar-refractivity contribution in [3.05, 3.63) is 48.3 Å². The smallest absolute Gasteiger partial charge is 0.126 e. The summed E-state index contributed by atoms with van der Waals surface area (Å²) in [5, 5.41) is 9.02. The number of pyridine rings is 1. The fraction of sp³-hybridized carbons (Fsp3) is 0.0769. The summed E-state index contributed by atoms with van der Waals surface area (Å²) in [6.45, 7) is 0. The lowest BCUT2D eigenvalue weighted by molar-refractivity contribution is 0.416. The molecule has 0 aliphatic rings. The van der Waals surface area contributed by atoms with Gasteiger partial charge in [-0.25, -0.2) is 0 Å². The van der Waals surface area contributed by atoms with E-state index in [1.807, 2.05) is 24.3 Å². The first-order chi connectivity index (χ1) is 7.86. The van der Waals surface area contributed by atoms with Crippen molar-refractivity contribution < 1.29 is 4.74 Å². The van der Waals surface area contributed by atoms with Gasteiger partial charge >= 0.3 is 0 Å². The Labute approximate surface area is 93.9 Å². The molecular formula is C13H10N2O. The molecule has 1 aromatic heterocycles. The first kappa shape index (κ1) is 10.2. The molecule has 0 unspecified atom stereocenters. The molecule has 2 aromatic rings. The van der Waals surface area contributed by atoms with Crippen LogP contribution in [0.15, 0.2) is 42.7 Å². The quantitative estimate of drug-likeness (QED) is 0.765. The molecule has 78 valence electrons. The van der Waals surface area contributed by atoms with Crippen molar-refractivity contribution in [1.82, 2.24) is 4.98 Å². The van der Waals surface area contributed by atoms with Crippen molar-refractivity contribution in [3.8, 4) is 22.9 Å². The SMILES string of the molecule is COc1ccccc1-c1cnccc1C#N. The predicted octanol–water partition coefficient (Wildman–Crippen LogP) is 2.63. The Morgan fingerprint density at radius 1 is 1.19 bits per heavy atom. The van der Waals surface area contributed by atoms with Gasteiger partial charge in [-0.2, -0.15) is 5.26 Å². The van der Waals surface area contributed by atoms with Crippen molar-refractivity contribution in [2.75, 3.05) is 7.11 Å². The van der Waals surface area contributed by atoms with Gasteiger partial charge < -0.3 is 4.74 Å². The third kappa shape index (κ3) is 1.73. The van der Waals surface area contributed by atoms with Gasteiger partial charge in [0.2, 0.25) is 0 Å². The average molecular weight is 210 g/mol. The van der Waals surface area contributed by atoms with E-state index in [2.05, 4.69) is 11.1 Å². The van der Waals surface area contributed by atoms with Crippen LogP contribution in [0.5, 0.6) is 5.75 Å². The minimum absolute atomic E-state index is 0.597. The van der Waals surface area contributed by atoms with Gasteiger partial charge in [0.25, 0.3) is 0 Å². The molecule has 0 fully saturated rings. The summed E-state index contributed by atoms with van der Waals surface area (Å²) in [5.41, 5.74) is 2.27. The Morgan fingerprint density at radius 2 is 2.00 bits per heavy atom. The van der Waals surface area contributed by atoms with Crippen LogP contribution in [0.2, 0.25) is 0 Å². The normalized spacial score (nSPS) is 9.50. The van der Waals surface area contributed by atoms with Gasteiger partial charge in [-0.05, 0) is 12.1 Å². The third-order valence-electron chi connectivity index (χ3n) is 2.34. The van der Waals surface area contributed by atoms with Crippen LogP contribution < -0.4 is 4.74 Å². The monoisotopic (exact) mass is 210 g/mol. The highest BCUT2D eigenvalue weighted by molar-refractivity contribution is 5.74. The molecule has 0 saturated heterocycles. The lowest BCUT2D eigenvalue weighted by Crippen LogP contribution is -1.90. The molecule has 3 nitrogen and oxygen atoms in total. The molecule has 0 radical (unpaired) electrons. The molecule has 0 bridgehead atoms. The Kier molecular flexibility index (Phi) is 2.84. The molecule has 1 heterocycles. The zero-order valence-corrected chi connectivity index (χ0v) is 8.84. The van der Waals surface area contributed by atoms with E-state index < -0.39 is 0 Å². The number of benzene rings is 1. The number of hydrogen-bond donors (Lipinski definition) is 0. The number of para-hydroxylation sites is 1. The molecule has 0 spiro atoms. The summed E-state index contributed by atoms with van der Waals surface area (Å²) < 4.78 is 5.26. The van der Waals surface area contributed by atoms with Gasteiger partial charge in [-0.3, -0.25) is 4.98 Å². The van der Waals surface area contributed by atoms with Crippen molar-refractivity contribution in [3.63, 3.8) is 0 Å². The molecule has 3 heteroatoms. The van der Waals surface area contributed by atoms with Crippen LogP contribution in [0, 0.1) is 11.3 Å². The molecule has 0 N–H and O–H groups in total. The number of aromatic nitrogens is 1. The van der Waals surface area contributed by atoms with E-state index in [9.17, 15) is 0 Å². The molecule has 1 aromatic carbocycles. The van der Waals surface area contributed by atoms with Gasteiger partial charge in [-0.1, -0.05) is 18.2 Å². The standard InChI is InChI=1S/C13H10N2O/c1-16-13-5-3-2-4-11(13)12-9-15-7-6-10(12)8-14/h2-7,9H,1H3. The first-order valence-corrected chi connectivity index (χ1v) is 4.84. The Bertz CT molecular complexity index is 544. The highest BCUT2D eigenvalue weighted by Gasteiger charge is 2.08. The van der Waals surface area contributed by atoms with Crippen LogP contribution in [-0.2, 0) is 0 Å². The summed E-state index contributed by atoms with van der Waals surface area (Å²) in [4.78, 5) is 4.04. The maximum atomic E-state index is 9.02. The summed E-state index contributed by atoms with van der Waals surface area (Å²) in [5.74, 6) is 0.743. The first-order valence-electron chi connectivity index (χ1n) is 4.84. The van der Waals surface area contributed by atoms with E-state index in [-0.39, 0.29) is 0 Å². The van der Waals surface area contributed by atoms with E-state index in [4.69, 9.17) is 10.00 Å². The lowest BCUT2D eigenvalue weighted by Gasteiger charge is -2.08. The van der Waals surface area contributed by atoms with Gasteiger partial charge in [-0.15, -0.1) is 0 Å². The second kappa shape index (κ2) is 4.45. The fourth-order valence-electron chi connectivity index (χ4n) is 1.57. The number of ether oxygens (including phenoxy) is 1. The van der Waals surface area contributed by atoms with Gasteiger partial charge in [0.05, 0.1) is 18.7 Å². The Balaban J connectivity index is 2.64. The van der Waals surface area contributed by atoms with Crippen LogP contribution >= 0.6 is 0 Å². The molecule has 0 amide bonds. The van der Waals surface area contributed by atoms with E-state index in [1.165, 1.54) is 0 Å². The van der Waals surface area contributed by atoms with Crippen molar-refractivity contribution in [2.45, 2.75) is 0 Å². The minimum Gasteiger partial charge on any atom is -0.496 e. The van der Waals surface area contributed by atoms with E-state index in [0.29, 0.717) is 5.56 Å². The maximum absolute atomic E-state index is 9.02. The van der Waals surface area contributed by atoms with Gasteiger partial charge in [0.1, 0.15) is 5.75 Å². The zero-order valence-electron chi connectivity index (χ0n) is 8.84. The number of hydrogen-bond acceptors (Lipinski definition) is 3. The lowest BCUT2D eigenvalue weighted by atomic mass is 10.0. The summed E-state index contributed by atoms with van der Waals surface area (Å²) >= 11 is 0. The van der Waals surface area contributed by atoms with Crippen LogP contribution in [0.1, 0.15) is 5.56 Å². The molecule has 16 heavy (non-hydrogen) atoms. The van der Waals surface area contributed by atoms with E-state index >= 15 is 0 Å². The summed E-state index contributed by atoms with van der Waals surface area (Å²) in [6, 6.07) is 11.4. The van der Waals surface area contributed by atoms with E-state index in [0.717, 1.165) is 16.9 Å². The minimum atomic E-state index is 0.597. The average Bonchev–Trinajstić information content (AvgIpc) is 2.38. The largest absolute Gasteiger partial charge is 0.496 e. The van der Waals surface area contributed by atoms with Gasteiger partial charge in [0.15, 0.2) is 0 Å². The fourth-order valence-corrected chi connectivity index (χ4v) is 1.57. The van der Waals surface area contributed by atoms with Gasteiger partial charge in [0, 0.05) is 23.5 Å². The predicted molar refractivity (Wildman–Crippen MR) is 60.9 cm³/mol. The van der Waals surface area contributed by atoms with Crippen LogP contribution in [-0.4, -0.2) is 12.1 Å². The maximum Gasteiger partial charge on any atom is 0.126 e. The molecule has 0 atom stereocenters. The van der Waals surface area contributed by atoms with Crippen molar-refractivity contribution in [2.24, 2.45) is 0 Å². The summed E-state index contributed by atoms with van der Waals surface area (Å²) in [6.07, 6.45) is 3.29. The zero-order chi connectivity index (χ0) is 11.4. The molecule has 0 saturated carbocycles. The Hall–Kier alpha value is -2.34. The van der Waals surface area contributed by atoms with E-state index in [1.54, 1.807) is 25.6 Å². The molecule has 0 aliphatic carbocycles. The second-order valence-corrected chi connectivity index (χ2v) is 3.23. The number of methoxy groups -OCH3 is 1. The molecular weight excluding hydrogens is 200 g/mol. The van der Waals surface area contributed by atoms with Crippen LogP contribution in [0.25, 0.3) is 11.1 Å². The topological polar surface area (TPSA) is 45.9 Å². The van der Waals surface area contributed by atoms with Crippen LogP contribution in [0.3, 0.4) is 0 Å². The molecule has 2 rings (SSSR count).